The Morgan fingerprint density at radius 1 is 0.909 bits per heavy atom. The first-order valence-electron chi connectivity index (χ1n) is 10.4. The molecule has 0 saturated carbocycles. The van der Waals surface area contributed by atoms with E-state index in [4.69, 9.17) is 4.74 Å². The molecular weight excluding hydrogens is 428 g/mol. The number of ketones is 2. The van der Waals surface area contributed by atoms with Gasteiger partial charge in [0.15, 0.2) is 17.7 Å². The Bertz CT molecular complexity index is 1200. The lowest BCUT2D eigenvalue weighted by Crippen LogP contribution is -2.34. The van der Waals surface area contributed by atoms with Crippen molar-refractivity contribution in [2.24, 2.45) is 0 Å². The molecule has 9 heteroatoms. The lowest BCUT2D eigenvalue weighted by molar-refractivity contribution is -0.154. The molecule has 168 valence electrons. The van der Waals surface area contributed by atoms with Crippen LogP contribution in [0.5, 0.6) is 0 Å². The zero-order valence-electron chi connectivity index (χ0n) is 17.8. The zero-order valence-corrected chi connectivity index (χ0v) is 17.8. The molecule has 4 rings (SSSR count). The molecule has 33 heavy (non-hydrogen) atoms. The van der Waals surface area contributed by atoms with Crippen molar-refractivity contribution >= 4 is 40.9 Å². The van der Waals surface area contributed by atoms with Crippen molar-refractivity contribution in [3.8, 4) is 0 Å². The number of rotatable bonds is 6. The predicted molar refractivity (Wildman–Crippen MR) is 115 cm³/mol. The molecule has 0 spiro atoms. The van der Waals surface area contributed by atoms with E-state index in [2.05, 4.69) is 5.32 Å². The first-order chi connectivity index (χ1) is 15.8. The van der Waals surface area contributed by atoms with E-state index in [-0.39, 0.29) is 71.6 Å². The van der Waals surface area contributed by atoms with Gasteiger partial charge in [-0.15, -0.1) is 0 Å². The highest BCUT2D eigenvalue weighted by Crippen LogP contribution is 2.32. The molecule has 2 aliphatic rings. The third-order valence-corrected chi connectivity index (χ3v) is 5.58. The van der Waals surface area contributed by atoms with Crippen LogP contribution in [-0.2, 0) is 23.9 Å². The number of ether oxygens (including phenoxy) is 1. The molecule has 9 nitrogen and oxygen atoms in total. The second-order valence-electron chi connectivity index (χ2n) is 7.74. The highest BCUT2D eigenvalue weighted by atomic mass is 16.5. The standard InChI is InChI=1S/C24H20N2O7/c1-13(33-20(29)11-12-26-18(27)9-10-19(26)28)24(32)25-17-8-4-7-16-21(17)23(31)15-6-3-2-5-14(15)22(16)30/h2-8,13H,9-12H2,1H3,(H,25,32). The topological polar surface area (TPSA) is 127 Å². The van der Waals surface area contributed by atoms with E-state index < -0.39 is 18.0 Å². The molecule has 1 heterocycles. The monoisotopic (exact) mass is 448 g/mol. The molecule has 2 aromatic rings. The maximum Gasteiger partial charge on any atom is 0.308 e. The van der Waals surface area contributed by atoms with E-state index in [0.717, 1.165) is 4.90 Å². The number of likely N-dealkylation sites (tertiary alicyclic amines) is 1. The minimum Gasteiger partial charge on any atom is -0.452 e. The number of fused-ring (bicyclic) bond motifs is 2. The van der Waals surface area contributed by atoms with Gasteiger partial charge in [0.2, 0.25) is 11.8 Å². The van der Waals surface area contributed by atoms with Gasteiger partial charge in [-0.3, -0.25) is 33.7 Å². The summed E-state index contributed by atoms with van der Waals surface area (Å²) in [5.41, 5.74) is 0.958. The van der Waals surface area contributed by atoms with Gasteiger partial charge in [0.25, 0.3) is 5.91 Å². The number of nitrogens with one attached hydrogen (secondary N) is 1. The van der Waals surface area contributed by atoms with E-state index in [1.165, 1.54) is 19.1 Å². The molecule has 0 bridgehead atoms. The van der Waals surface area contributed by atoms with Crippen LogP contribution < -0.4 is 5.32 Å². The maximum absolute atomic E-state index is 13.0. The third-order valence-electron chi connectivity index (χ3n) is 5.58. The molecule has 1 fully saturated rings. The van der Waals surface area contributed by atoms with Crippen LogP contribution in [0.3, 0.4) is 0 Å². The van der Waals surface area contributed by atoms with Gasteiger partial charge >= 0.3 is 5.97 Å². The van der Waals surface area contributed by atoms with Gasteiger partial charge in [-0.05, 0) is 13.0 Å². The Hall–Kier alpha value is -4.14. The van der Waals surface area contributed by atoms with Gasteiger partial charge in [-0.1, -0.05) is 36.4 Å². The highest BCUT2D eigenvalue weighted by molar-refractivity contribution is 6.30. The molecule has 0 aromatic heterocycles. The SMILES string of the molecule is CC(OC(=O)CCN1C(=O)CCC1=O)C(=O)Nc1cccc2c1C(=O)c1ccccc1C2=O. The van der Waals surface area contributed by atoms with Crippen LogP contribution in [0.1, 0.15) is 58.0 Å². The quantitative estimate of drug-likeness (QED) is 0.450. The number of benzene rings is 2. The van der Waals surface area contributed by atoms with E-state index >= 15 is 0 Å². The van der Waals surface area contributed by atoms with Crippen molar-refractivity contribution in [2.45, 2.75) is 32.3 Å². The molecule has 3 amide bonds. The highest BCUT2D eigenvalue weighted by Gasteiger charge is 2.33. The number of amides is 3. The van der Waals surface area contributed by atoms with Gasteiger partial charge in [0, 0.05) is 36.1 Å². The molecule has 1 atom stereocenters. The van der Waals surface area contributed by atoms with Gasteiger partial charge in [-0.2, -0.15) is 0 Å². The smallest absolute Gasteiger partial charge is 0.308 e. The average Bonchev–Trinajstić information content (AvgIpc) is 3.13. The summed E-state index contributed by atoms with van der Waals surface area (Å²) in [7, 11) is 0. The number of hydrogen-bond donors (Lipinski definition) is 1. The van der Waals surface area contributed by atoms with Crippen molar-refractivity contribution in [3.05, 3.63) is 64.7 Å². The number of imide groups is 1. The van der Waals surface area contributed by atoms with E-state index in [1.807, 2.05) is 0 Å². The second-order valence-corrected chi connectivity index (χ2v) is 7.74. The van der Waals surface area contributed by atoms with E-state index in [0.29, 0.717) is 5.56 Å². The Balaban J connectivity index is 1.43. The molecule has 1 N–H and O–H groups in total. The summed E-state index contributed by atoms with van der Waals surface area (Å²) in [5, 5.41) is 2.56. The van der Waals surface area contributed by atoms with Crippen molar-refractivity contribution in [1.82, 2.24) is 4.90 Å². The van der Waals surface area contributed by atoms with Crippen LogP contribution in [0, 0.1) is 0 Å². The first kappa shape index (κ1) is 22.1. The van der Waals surface area contributed by atoms with Crippen LogP contribution in [0.4, 0.5) is 5.69 Å². The normalized spacial score (nSPS) is 15.7. The van der Waals surface area contributed by atoms with Crippen LogP contribution in [-0.4, -0.2) is 52.8 Å². The lowest BCUT2D eigenvalue weighted by atomic mass is 9.83. The summed E-state index contributed by atoms with van der Waals surface area (Å²) in [5.74, 6) is -2.83. The second kappa shape index (κ2) is 8.78. The first-order valence-corrected chi connectivity index (χ1v) is 10.4. The Morgan fingerprint density at radius 3 is 2.18 bits per heavy atom. The minimum absolute atomic E-state index is 0.0825. The van der Waals surface area contributed by atoms with Gasteiger partial charge in [0.1, 0.15) is 0 Å². The number of esters is 1. The number of nitrogens with zero attached hydrogens (tertiary/aromatic N) is 1. The van der Waals surface area contributed by atoms with Crippen LogP contribution in [0.25, 0.3) is 0 Å². The Morgan fingerprint density at radius 2 is 1.52 bits per heavy atom. The molecule has 0 radical (unpaired) electrons. The van der Waals surface area contributed by atoms with Crippen LogP contribution in [0.2, 0.25) is 0 Å². The minimum atomic E-state index is -1.21. The van der Waals surface area contributed by atoms with Crippen LogP contribution in [0.15, 0.2) is 42.5 Å². The van der Waals surface area contributed by atoms with Crippen molar-refractivity contribution < 1.29 is 33.5 Å². The van der Waals surface area contributed by atoms with Gasteiger partial charge in [0.05, 0.1) is 17.7 Å². The van der Waals surface area contributed by atoms with Crippen molar-refractivity contribution in [1.29, 1.82) is 0 Å². The summed E-state index contributed by atoms with van der Waals surface area (Å²) >= 11 is 0. The maximum atomic E-state index is 13.0. The number of hydrogen-bond acceptors (Lipinski definition) is 7. The Labute approximate surface area is 188 Å². The number of carbonyl (C=O) groups is 6. The lowest BCUT2D eigenvalue weighted by Gasteiger charge is -2.21. The van der Waals surface area contributed by atoms with Crippen molar-refractivity contribution in [2.75, 3.05) is 11.9 Å². The van der Waals surface area contributed by atoms with Gasteiger partial charge < -0.3 is 10.1 Å². The summed E-state index contributed by atoms with van der Waals surface area (Å²) in [6, 6.07) is 11.0. The molecule has 1 aliphatic carbocycles. The molecule has 1 aliphatic heterocycles. The zero-order chi connectivity index (χ0) is 23.7. The largest absolute Gasteiger partial charge is 0.452 e. The summed E-state index contributed by atoms with van der Waals surface area (Å²) in [4.78, 5) is 74.8. The molecule has 2 aromatic carbocycles. The summed E-state index contributed by atoms with van der Waals surface area (Å²) < 4.78 is 5.11. The van der Waals surface area contributed by atoms with Crippen LogP contribution >= 0.6 is 0 Å². The summed E-state index contributed by atoms with van der Waals surface area (Å²) in [6.07, 6.45) is -1.20. The Kier molecular flexibility index (Phi) is 5.87. The third kappa shape index (κ3) is 4.17. The average molecular weight is 448 g/mol. The van der Waals surface area contributed by atoms with Crippen molar-refractivity contribution in [3.63, 3.8) is 0 Å². The fourth-order valence-corrected chi connectivity index (χ4v) is 3.87. The fourth-order valence-electron chi connectivity index (χ4n) is 3.87. The predicted octanol–water partition coefficient (Wildman–Crippen LogP) is 1.87. The fraction of sp³-hybridized carbons (Fsp3) is 0.250. The number of carbonyl (C=O) groups excluding carboxylic acids is 6. The molecule has 1 unspecified atom stereocenters. The number of anilines is 1. The molecule has 1 saturated heterocycles. The van der Waals surface area contributed by atoms with Gasteiger partial charge in [-0.25, -0.2) is 0 Å². The van der Waals surface area contributed by atoms with E-state index in [1.54, 1.807) is 30.3 Å². The molecular formula is C24H20N2O7. The van der Waals surface area contributed by atoms with E-state index in [9.17, 15) is 28.8 Å². The summed E-state index contributed by atoms with van der Waals surface area (Å²) in [6.45, 7) is 1.25.